The molecule has 102 valence electrons. The van der Waals surface area contributed by atoms with Gasteiger partial charge in [0.25, 0.3) is 0 Å². The van der Waals surface area contributed by atoms with Crippen molar-refractivity contribution in [1.82, 2.24) is 5.32 Å². The molecule has 0 aliphatic heterocycles. The maximum Gasteiger partial charge on any atom is 0.307 e. The van der Waals surface area contributed by atoms with E-state index < -0.39 is 0 Å². The van der Waals surface area contributed by atoms with E-state index in [1.54, 1.807) is 0 Å². The predicted octanol–water partition coefficient (Wildman–Crippen LogP) is 2.02. The molecular formula is C14H23NO3. The van der Waals surface area contributed by atoms with Crippen LogP contribution in [0.4, 0.5) is 0 Å². The van der Waals surface area contributed by atoms with Crippen LogP contribution in [0, 0.1) is 11.8 Å². The van der Waals surface area contributed by atoms with E-state index >= 15 is 0 Å². The van der Waals surface area contributed by atoms with Gasteiger partial charge in [0.05, 0.1) is 13.0 Å². The summed E-state index contributed by atoms with van der Waals surface area (Å²) in [7, 11) is 0. The van der Waals surface area contributed by atoms with Crippen molar-refractivity contribution in [1.29, 1.82) is 0 Å². The molecule has 2 saturated carbocycles. The third-order valence-corrected chi connectivity index (χ3v) is 3.76. The zero-order valence-electron chi connectivity index (χ0n) is 11.1. The Hall–Kier alpha value is -1.06. The lowest BCUT2D eigenvalue weighted by molar-refractivity contribution is -0.144. The van der Waals surface area contributed by atoms with Crippen LogP contribution in [0.3, 0.4) is 0 Å². The Kier molecular flexibility index (Phi) is 4.61. The fraction of sp³-hybridized carbons (Fsp3) is 0.857. The highest BCUT2D eigenvalue weighted by molar-refractivity contribution is 5.80. The molecular weight excluding hydrogens is 230 g/mol. The van der Waals surface area contributed by atoms with Crippen LogP contribution in [0.5, 0.6) is 0 Å². The Labute approximate surface area is 108 Å². The predicted molar refractivity (Wildman–Crippen MR) is 67.9 cm³/mol. The monoisotopic (exact) mass is 253 g/mol. The second-order valence-electron chi connectivity index (χ2n) is 5.72. The lowest BCUT2D eigenvalue weighted by Gasteiger charge is -2.16. The summed E-state index contributed by atoms with van der Waals surface area (Å²) in [6, 6.07) is -0.121. The zero-order chi connectivity index (χ0) is 13.0. The maximum absolute atomic E-state index is 11.9. The number of hydrogen-bond donors (Lipinski definition) is 1. The smallest absolute Gasteiger partial charge is 0.307 e. The molecule has 2 rings (SSSR count). The Morgan fingerprint density at radius 2 is 1.89 bits per heavy atom. The molecule has 0 unspecified atom stereocenters. The molecule has 2 fully saturated rings. The van der Waals surface area contributed by atoms with Gasteiger partial charge >= 0.3 is 5.97 Å². The number of esters is 1. The van der Waals surface area contributed by atoms with Gasteiger partial charge in [-0.25, -0.2) is 0 Å². The number of hydrogen-bond acceptors (Lipinski definition) is 3. The van der Waals surface area contributed by atoms with Crippen molar-refractivity contribution in [2.75, 3.05) is 6.61 Å². The van der Waals surface area contributed by atoms with Crippen LogP contribution < -0.4 is 5.32 Å². The molecule has 1 N–H and O–H groups in total. The fourth-order valence-electron chi connectivity index (χ4n) is 2.40. The van der Waals surface area contributed by atoms with Crippen LogP contribution in [0.25, 0.3) is 0 Å². The van der Waals surface area contributed by atoms with Gasteiger partial charge < -0.3 is 10.1 Å². The molecule has 2 aliphatic carbocycles. The SMILES string of the molecule is C[C@@H](CC(=O)OCC1CC1)NC(=O)C1CCCC1. The van der Waals surface area contributed by atoms with E-state index in [0.29, 0.717) is 12.5 Å². The lowest BCUT2D eigenvalue weighted by atomic mass is 10.1. The number of carbonyl (C=O) groups excluding carboxylic acids is 2. The molecule has 0 aromatic rings. The van der Waals surface area contributed by atoms with Crippen molar-refractivity contribution in [3.05, 3.63) is 0 Å². The molecule has 4 heteroatoms. The molecule has 0 saturated heterocycles. The van der Waals surface area contributed by atoms with Gasteiger partial charge in [-0.15, -0.1) is 0 Å². The molecule has 4 nitrogen and oxygen atoms in total. The molecule has 1 amide bonds. The van der Waals surface area contributed by atoms with Crippen molar-refractivity contribution < 1.29 is 14.3 Å². The van der Waals surface area contributed by atoms with Crippen molar-refractivity contribution in [3.8, 4) is 0 Å². The van der Waals surface area contributed by atoms with Crippen LogP contribution in [-0.2, 0) is 14.3 Å². The third-order valence-electron chi connectivity index (χ3n) is 3.76. The van der Waals surface area contributed by atoms with Gasteiger partial charge in [0.2, 0.25) is 5.91 Å². The Morgan fingerprint density at radius 1 is 1.22 bits per heavy atom. The molecule has 1 atom stereocenters. The maximum atomic E-state index is 11.9. The molecule has 0 bridgehead atoms. The van der Waals surface area contributed by atoms with E-state index in [4.69, 9.17) is 4.74 Å². The minimum absolute atomic E-state index is 0.106. The molecule has 2 aliphatic rings. The highest BCUT2D eigenvalue weighted by atomic mass is 16.5. The van der Waals surface area contributed by atoms with Gasteiger partial charge in [0.15, 0.2) is 0 Å². The van der Waals surface area contributed by atoms with E-state index in [0.717, 1.165) is 25.7 Å². The second-order valence-corrected chi connectivity index (χ2v) is 5.72. The van der Waals surface area contributed by atoms with E-state index in [2.05, 4.69) is 5.32 Å². The fourth-order valence-corrected chi connectivity index (χ4v) is 2.40. The highest BCUT2D eigenvalue weighted by Crippen LogP contribution is 2.29. The molecule has 0 heterocycles. The summed E-state index contributed by atoms with van der Waals surface area (Å²) < 4.78 is 5.15. The molecule has 0 spiro atoms. The van der Waals surface area contributed by atoms with Crippen LogP contribution in [0.2, 0.25) is 0 Å². The number of carbonyl (C=O) groups is 2. The zero-order valence-corrected chi connectivity index (χ0v) is 11.1. The van der Waals surface area contributed by atoms with E-state index in [9.17, 15) is 9.59 Å². The van der Waals surface area contributed by atoms with Crippen LogP contribution >= 0.6 is 0 Å². The molecule has 0 aromatic heterocycles. The van der Waals surface area contributed by atoms with E-state index in [-0.39, 0.29) is 30.3 Å². The van der Waals surface area contributed by atoms with Crippen LogP contribution in [0.1, 0.15) is 51.9 Å². The normalized spacial score (nSPS) is 21.6. The number of rotatable bonds is 6. The van der Waals surface area contributed by atoms with Gasteiger partial charge in [-0.2, -0.15) is 0 Å². The molecule has 0 aromatic carbocycles. The van der Waals surface area contributed by atoms with Gasteiger partial charge in [0.1, 0.15) is 0 Å². The standard InChI is InChI=1S/C14H23NO3/c1-10(8-13(16)18-9-11-6-7-11)15-14(17)12-4-2-3-5-12/h10-12H,2-9H2,1H3,(H,15,17)/t10-/m0/s1. The van der Waals surface area contributed by atoms with E-state index in [1.807, 2.05) is 6.92 Å². The summed E-state index contributed by atoms with van der Waals surface area (Å²) in [5.41, 5.74) is 0. The van der Waals surface area contributed by atoms with Gasteiger partial charge in [-0.05, 0) is 38.5 Å². The van der Waals surface area contributed by atoms with Gasteiger partial charge in [-0.3, -0.25) is 9.59 Å². The van der Waals surface area contributed by atoms with Gasteiger partial charge in [-0.1, -0.05) is 12.8 Å². The number of amides is 1. The summed E-state index contributed by atoms with van der Waals surface area (Å²) in [5.74, 6) is 0.670. The minimum Gasteiger partial charge on any atom is -0.465 e. The highest BCUT2D eigenvalue weighted by Gasteiger charge is 2.25. The summed E-state index contributed by atoms with van der Waals surface area (Å²) in [4.78, 5) is 23.4. The van der Waals surface area contributed by atoms with Crippen molar-refractivity contribution in [2.24, 2.45) is 11.8 Å². The largest absolute Gasteiger partial charge is 0.465 e. The molecule has 0 radical (unpaired) electrons. The lowest BCUT2D eigenvalue weighted by Crippen LogP contribution is -2.38. The third kappa shape index (κ3) is 4.31. The topological polar surface area (TPSA) is 55.4 Å². The number of nitrogens with one attached hydrogen (secondary N) is 1. The summed E-state index contributed by atoms with van der Waals surface area (Å²) in [6.45, 7) is 2.42. The van der Waals surface area contributed by atoms with Crippen molar-refractivity contribution >= 4 is 11.9 Å². The van der Waals surface area contributed by atoms with Gasteiger partial charge in [0, 0.05) is 12.0 Å². The van der Waals surface area contributed by atoms with Crippen molar-refractivity contribution in [2.45, 2.75) is 57.9 Å². The minimum atomic E-state index is -0.193. The summed E-state index contributed by atoms with van der Waals surface area (Å²) in [5, 5.41) is 2.92. The number of ether oxygens (including phenoxy) is 1. The second kappa shape index (κ2) is 6.21. The quantitative estimate of drug-likeness (QED) is 0.737. The first kappa shape index (κ1) is 13.4. The Bertz CT molecular complexity index is 306. The van der Waals surface area contributed by atoms with E-state index in [1.165, 1.54) is 12.8 Å². The summed E-state index contributed by atoms with van der Waals surface area (Å²) in [6.07, 6.45) is 6.93. The van der Waals surface area contributed by atoms with Crippen LogP contribution in [0.15, 0.2) is 0 Å². The first-order valence-corrected chi connectivity index (χ1v) is 7.11. The van der Waals surface area contributed by atoms with Crippen molar-refractivity contribution in [3.63, 3.8) is 0 Å². The average molecular weight is 253 g/mol. The first-order valence-electron chi connectivity index (χ1n) is 7.11. The summed E-state index contributed by atoms with van der Waals surface area (Å²) >= 11 is 0. The average Bonchev–Trinajstić information content (AvgIpc) is 2.98. The van der Waals surface area contributed by atoms with Crippen LogP contribution in [-0.4, -0.2) is 24.5 Å². The Morgan fingerprint density at radius 3 is 2.50 bits per heavy atom. The molecule has 18 heavy (non-hydrogen) atoms. The first-order chi connectivity index (χ1) is 8.65. The Balaban J connectivity index is 1.61.